The molecule has 2 amide bonds. The first kappa shape index (κ1) is 18.1. The number of aromatic nitrogens is 1. The minimum atomic E-state index is -0.357. The topological polar surface area (TPSA) is 62.3 Å². The smallest absolute Gasteiger partial charge is 0.257 e. The van der Waals surface area contributed by atoms with Crippen LogP contribution in [0.3, 0.4) is 0 Å². The zero-order chi connectivity index (χ0) is 19.7. The van der Waals surface area contributed by atoms with Gasteiger partial charge in [0.25, 0.3) is 5.91 Å². The average molecular weight is 377 g/mol. The lowest BCUT2D eigenvalue weighted by Crippen LogP contribution is -2.23. The normalized spacial score (nSPS) is 13.9. The summed E-state index contributed by atoms with van der Waals surface area (Å²) in [5, 5.41) is 3.60. The van der Waals surface area contributed by atoms with E-state index < -0.39 is 0 Å². The molecule has 142 valence electrons. The third kappa shape index (κ3) is 3.71. The van der Waals surface area contributed by atoms with Crippen LogP contribution in [-0.4, -0.2) is 28.2 Å². The Morgan fingerprint density at radius 1 is 1.21 bits per heavy atom. The molecule has 3 aromatic rings. The molecular formula is C22H20FN3O2. The van der Waals surface area contributed by atoms with E-state index in [4.69, 9.17) is 0 Å². The molecule has 0 unspecified atom stereocenters. The van der Waals surface area contributed by atoms with Crippen LogP contribution in [-0.2, 0) is 11.3 Å². The van der Waals surface area contributed by atoms with Gasteiger partial charge in [0.2, 0.25) is 5.91 Å². The number of benzene rings is 2. The van der Waals surface area contributed by atoms with E-state index in [-0.39, 0.29) is 17.6 Å². The van der Waals surface area contributed by atoms with Crippen molar-refractivity contribution in [1.82, 2.24) is 9.88 Å². The second-order valence-electron chi connectivity index (χ2n) is 7.03. The molecule has 5 nitrogen and oxygen atoms in total. The van der Waals surface area contributed by atoms with Gasteiger partial charge in [-0.25, -0.2) is 4.39 Å². The molecule has 28 heavy (non-hydrogen) atoms. The number of likely N-dealkylation sites (tertiary alicyclic amines) is 1. The van der Waals surface area contributed by atoms with Gasteiger partial charge in [0.1, 0.15) is 5.82 Å². The van der Waals surface area contributed by atoms with Gasteiger partial charge >= 0.3 is 0 Å². The number of carbonyl (C=O) groups excluding carboxylic acids is 2. The van der Waals surface area contributed by atoms with Crippen molar-refractivity contribution in [3.05, 3.63) is 71.2 Å². The highest BCUT2D eigenvalue weighted by atomic mass is 19.1. The molecule has 0 atom stereocenters. The van der Waals surface area contributed by atoms with E-state index in [9.17, 15) is 14.0 Å². The maximum atomic E-state index is 13.4. The third-order valence-electron chi connectivity index (χ3n) is 4.94. The summed E-state index contributed by atoms with van der Waals surface area (Å²) in [6.45, 7) is 3.05. The number of aryl methyl sites for hydroxylation is 1. The van der Waals surface area contributed by atoms with Gasteiger partial charge in [0.15, 0.2) is 0 Å². The van der Waals surface area contributed by atoms with E-state index in [1.165, 1.54) is 12.1 Å². The van der Waals surface area contributed by atoms with Gasteiger partial charge in [-0.2, -0.15) is 0 Å². The van der Waals surface area contributed by atoms with Gasteiger partial charge in [0, 0.05) is 36.7 Å². The van der Waals surface area contributed by atoms with Crippen molar-refractivity contribution in [2.24, 2.45) is 0 Å². The van der Waals surface area contributed by atoms with Crippen LogP contribution in [0, 0.1) is 12.7 Å². The van der Waals surface area contributed by atoms with Gasteiger partial charge in [-0.3, -0.25) is 14.6 Å². The summed E-state index contributed by atoms with van der Waals surface area (Å²) >= 11 is 0. The zero-order valence-electron chi connectivity index (χ0n) is 15.5. The maximum absolute atomic E-state index is 13.4. The number of anilines is 1. The predicted molar refractivity (Wildman–Crippen MR) is 105 cm³/mol. The van der Waals surface area contributed by atoms with E-state index in [1.807, 2.05) is 29.2 Å². The molecule has 0 spiro atoms. The summed E-state index contributed by atoms with van der Waals surface area (Å²) in [5.74, 6) is -0.459. The number of halogens is 1. The fraction of sp³-hybridized carbons (Fsp3) is 0.227. The first-order valence-electron chi connectivity index (χ1n) is 9.24. The van der Waals surface area contributed by atoms with Crippen LogP contribution in [0.25, 0.3) is 10.9 Å². The Hall–Kier alpha value is -3.28. The van der Waals surface area contributed by atoms with E-state index in [0.29, 0.717) is 40.8 Å². The molecular weight excluding hydrogens is 357 g/mol. The Labute approximate surface area is 162 Å². The van der Waals surface area contributed by atoms with E-state index in [2.05, 4.69) is 10.3 Å². The minimum absolute atomic E-state index is 0.170. The van der Waals surface area contributed by atoms with Crippen LogP contribution >= 0.6 is 0 Å². The van der Waals surface area contributed by atoms with Crippen molar-refractivity contribution >= 4 is 28.4 Å². The highest BCUT2D eigenvalue weighted by molar-refractivity contribution is 6.06. The van der Waals surface area contributed by atoms with Crippen molar-refractivity contribution in [2.45, 2.75) is 26.3 Å². The molecule has 1 aliphatic rings. The van der Waals surface area contributed by atoms with E-state index >= 15 is 0 Å². The molecule has 0 saturated carbocycles. The summed E-state index contributed by atoms with van der Waals surface area (Å²) in [4.78, 5) is 30.8. The van der Waals surface area contributed by atoms with E-state index in [1.54, 1.807) is 19.1 Å². The van der Waals surface area contributed by atoms with Gasteiger partial charge in [-0.05, 0) is 49.2 Å². The van der Waals surface area contributed by atoms with Crippen LogP contribution < -0.4 is 5.32 Å². The van der Waals surface area contributed by atoms with Crippen molar-refractivity contribution in [1.29, 1.82) is 0 Å². The van der Waals surface area contributed by atoms with Crippen molar-refractivity contribution in [3.63, 3.8) is 0 Å². The van der Waals surface area contributed by atoms with Gasteiger partial charge in [-0.15, -0.1) is 0 Å². The fourth-order valence-electron chi connectivity index (χ4n) is 3.50. The van der Waals surface area contributed by atoms with Crippen LogP contribution in [0.5, 0.6) is 0 Å². The Morgan fingerprint density at radius 3 is 2.86 bits per heavy atom. The molecule has 6 heteroatoms. The molecule has 2 aromatic carbocycles. The standard InChI is InChI=1S/C22H20FN3O2/c1-14-19(11-16-7-8-17(23)12-20(16)24-14)22(28)25-18-5-2-4-15(10-18)13-26-9-3-6-21(26)27/h2,4-5,7-8,10-12H,3,6,9,13H2,1H3,(H,25,28). The summed E-state index contributed by atoms with van der Waals surface area (Å²) in [6.07, 6.45) is 1.50. The molecule has 1 N–H and O–H groups in total. The summed E-state index contributed by atoms with van der Waals surface area (Å²) in [7, 11) is 0. The number of carbonyl (C=O) groups is 2. The highest BCUT2D eigenvalue weighted by Crippen LogP contribution is 2.21. The molecule has 1 aromatic heterocycles. The van der Waals surface area contributed by atoms with Gasteiger partial charge in [0.05, 0.1) is 16.8 Å². The second-order valence-corrected chi connectivity index (χ2v) is 7.03. The summed E-state index contributed by atoms with van der Waals surface area (Å²) in [6, 6.07) is 13.5. The number of hydrogen-bond acceptors (Lipinski definition) is 3. The van der Waals surface area contributed by atoms with Gasteiger partial charge < -0.3 is 10.2 Å². The van der Waals surface area contributed by atoms with Crippen molar-refractivity contribution in [2.75, 3.05) is 11.9 Å². The quantitative estimate of drug-likeness (QED) is 0.746. The van der Waals surface area contributed by atoms with Crippen LogP contribution in [0.15, 0.2) is 48.5 Å². The van der Waals surface area contributed by atoms with Crippen molar-refractivity contribution in [3.8, 4) is 0 Å². The second kappa shape index (κ2) is 7.38. The van der Waals surface area contributed by atoms with Crippen LogP contribution in [0.1, 0.15) is 34.5 Å². The van der Waals surface area contributed by atoms with Crippen LogP contribution in [0.2, 0.25) is 0 Å². The molecule has 2 heterocycles. The molecule has 0 radical (unpaired) electrons. The Balaban J connectivity index is 1.54. The number of fused-ring (bicyclic) bond motifs is 1. The Bertz CT molecular complexity index is 1080. The fourth-order valence-corrected chi connectivity index (χ4v) is 3.50. The zero-order valence-corrected chi connectivity index (χ0v) is 15.5. The minimum Gasteiger partial charge on any atom is -0.338 e. The third-order valence-corrected chi connectivity index (χ3v) is 4.94. The van der Waals surface area contributed by atoms with Crippen LogP contribution in [0.4, 0.5) is 10.1 Å². The molecule has 1 saturated heterocycles. The Morgan fingerprint density at radius 2 is 2.07 bits per heavy atom. The Kier molecular flexibility index (Phi) is 4.77. The lowest BCUT2D eigenvalue weighted by molar-refractivity contribution is -0.128. The van der Waals surface area contributed by atoms with Crippen molar-refractivity contribution < 1.29 is 14.0 Å². The number of amides is 2. The maximum Gasteiger partial charge on any atom is 0.257 e. The lowest BCUT2D eigenvalue weighted by Gasteiger charge is -2.16. The summed E-state index contributed by atoms with van der Waals surface area (Å²) < 4.78 is 13.4. The molecule has 0 aliphatic carbocycles. The van der Waals surface area contributed by atoms with E-state index in [0.717, 1.165) is 18.5 Å². The SMILES string of the molecule is Cc1nc2cc(F)ccc2cc1C(=O)Nc1cccc(CN2CCCC2=O)c1. The molecule has 0 bridgehead atoms. The number of rotatable bonds is 4. The molecule has 1 aliphatic heterocycles. The average Bonchev–Trinajstić information content (AvgIpc) is 3.06. The summed E-state index contributed by atoms with van der Waals surface area (Å²) in [5.41, 5.74) is 3.13. The number of pyridine rings is 1. The number of nitrogens with one attached hydrogen (secondary N) is 1. The first-order valence-corrected chi connectivity index (χ1v) is 9.24. The van der Waals surface area contributed by atoms with Gasteiger partial charge in [-0.1, -0.05) is 12.1 Å². The number of nitrogens with zero attached hydrogens (tertiary/aromatic N) is 2. The molecule has 4 rings (SSSR count). The predicted octanol–water partition coefficient (Wildman–Crippen LogP) is 4.06. The highest BCUT2D eigenvalue weighted by Gasteiger charge is 2.20. The monoisotopic (exact) mass is 377 g/mol. The number of hydrogen-bond donors (Lipinski definition) is 1. The lowest BCUT2D eigenvalue weighted by atomic mass is 10.1. The largest absolute Gasteiger partial charge is 0.338 e. The molecule has 1 fully saturated rings. The first-order chi connectivity index (χ1) is 13.5.